The van der Waals surface area contributed by atoms with Crippen LogP contribution in [0.25, 0.3) is 0 Å². The molecule has 0 saturated heterocycles. The molecular weight excluding hydrogens is 214 g/mol. The van der Waals surface area contributed by atoms with E-state index in [4.69, 9.17) is 0 Å². The van der Waals surface area contributed by atoms with Crippen LogP contribution in [-0.2, 0) is 6.42 Å². The van der Waals surface area contributed by atoms with Crippen LogP contribution < -0.4 is 0 Å². The van der Waals surface area contributed by atoms with Crippen molar-refractivity contribution >= 4 is 14.4 Å². The smallest absolute Gasteiger partial charge is 0.166 e. The van der Waals surface area contributed by atoms with E-state index in [2.05, 4.69) is 43.4 Å². The fraction of sp³-hybridized carbons (Fsp3) is 0.462. The number of aromatic amines is 1. The number of rotatable bonds is 3. The first-order chi connectivity index (χ1) is 7.46. The molecule has 0 aromatic carbocycles. The Morgan fingerprint density at radius 2 is 2.12 bits per heavy atom. The summed E-state index contributed by atoms with van der Waals surface area (Å²) < 4.78 is 0. The van der Waals surface area contributed by atoms with Crippen LogP contribution in [0.1, 0.15) is 28.7 Å². The van der Waals surface area contributed by atoms with E-state index >= 15 is 0 Å². The molecule has 0 saturated carbocycles. The lowest BCUT2D eigenvalue weighted by Crippen LogP contribution is -2.17. The molecule has 0 atom stereocenters. The first kappa shape index (κ1) is 12.8. The Hall–Kier alpha value is -1.27. The second kappa shape index (κ2) is 5.18. The van der Waals surface area contributed by atoms with E-state index in [9.17, 15) is 4.79 Å². The molecule has 1 heterocycles. The Labute approximate surface area is 98.5 Å². The minimum Gasteiger partial charge on any atom is -0.346 e. The number of aryl methyl sites for hydroxylation is 1. The normalized spacial score (nSPS) is 10.8. The van der Waals surface area contributed by atoms with Crippen LogP contribution in [0.2, 0.25) is 25.7 Å². The fourth-order valence-corrected chi connectivity index (χ4v) is 1.99. The molecule has 1 N–H and O–H groups in total. The van der Waals surface area contributed by atoms with Gasteiger partial charge in [0.05, 0.1) is 19.5 Å². The van der Waals surface area contributed by atoms with Gasteiger partial charge in [-0.25, -0.2) is 0 Å². The standard InChI is InChI=1S/C13H19NOSi/c1-5-11-9-12(10-15)14-13(11)7-6-8-16(2,3)4/h9-10,14H,5,8H2,1-4H3. The van der Waals surface area contributed by atoms with Crippen LogP contribution in [0.5, 0.6) is 0 Å². The van der Waals surface area contributed by atoms with Crippen molar-refractivity contribution in [3.8, 4) is 11.8 Å². The third-order valence-corrected chi connectivity index (χ3v) is 3.50. The van der Waals surface area contributed by atoms with E-state index in [0.717, 1.165) is 30.0 Å². The maximum atomic E-state index is 10.6. The summed E-state index contributed by atoms with van der Waals surface area (Å²) >= 11 is 0. The molecule has 0 aliphatic rings. The quantitative estimate of drug-likeness (QED) is 0.486. The van der Waals surface area contributed by atoms with Crippen LogP contribution >= 0.6 is 0 Å². The third-order valence-electron chi connectivity index (χ3n) is 2.26. The van der Waals surface area contributed by atoms with E-state index in [0.29, 0.717) is 5.69 Å². The minimum atomic E-state index is -1.10. The van der Waals surface area contributed by atoms with Gasteiger partial charge in [-0.15, -0.1) is 0 Å². The zero-order chi connectivity index (χ0) is 12.2. The zero-order valence-corrected chi connectivity index (χ0v) is 11.5. The molecule has 1 aromatic rings. The SMILES string of the molecule is CCc1cc(C=O)[nH]c1C#CC[Si](C)(C)C. The largest absolute Gasteiger partial charge is 0.346 e. The minimum absolute atomic E-state index is 0.620. The average molecular weight is 233 g/mol. The monoisotopic (exact) mass is 233 g/mol. The molecule has 3 heteroatoms. The van der Waals surface area contributed by atoms with Crippen molar-refractivity contribution in [1.29, 1.82) is 0 Å². The maximum Gasteiger partial charge on any atom is 0.166 e. The first-order valence-corrected chi connectivity index (χ1v) is 9.33. The number of carbonyl (C=O) groups excluding carboxylic acids is 1. The van der Waals surface area contributed by atoms with Crippen molar-refractivity contribution in [2.75, 3.05) is 0 Å². The van der Waals surface area contributed by atoms with Gasteiger partial charge < -0.3 is 4.98 Å². The third kappa shape index (κ3) is 3.71. The van der Waals surface area contributed by atoms with Crippen LogP contribution in [0, 0.1) is 11.8 Å². The van der Waals surface area contributed by atoms with Crippen LogP contribution in [-0.4, -0.2) is 19.3 Å². The summed E-state index contributed by atoms with van der Waals surface area (Å²) in [5.74, 6) is 6.36. The van der Waals surface area contributed by atoms with Crippen molar-refractivity contribution in [3.05, 3.63) is 23.0 Å². The molecule has 1 rings (SSSR count). The van der Waals surface area contributed by atoms with Gasteiger partial charge in [-0.05, 0) is 24.0 Å². The van der Waals surface area contributed by atoms with Crippen molar-refractivity contribution in [3.63, 3.8) is 0 Å². The van der Waals surface area contributed by atoms with Gasteiger partial charge in [0.2, 0.25) is 0 Å². The molecule has 0 amide bonds. The molecule has 86 valence electrons. The number of hydrogen-bond acceptors (Lipinski definition) is 1. The molecule has 0 unspecified atom stereocenters. The molecule has 16 heavy (non-hydrogen) atoms. The Morgan fingerprint density at radius 3 is 2.62 bits per heavy atom. The van der Waals surface area contributed by atoms with Gasteiger partial charge >= 0.3 is 0 Å². The number of aldehydes is 1. The lowest BCUT2D eigenvalue weighted by atomic mass is 10.2. The summed E-state index contributed by atoms with van der Waals surface area (Å²) in [6.45, 7) is 8.97. The van der Waals surface area contributed by atoms with Gasteiger partial charge in [0.25, 0.3) is 0 Å². The van der Waals surface area contributed by atoms with Gasteiger partial charge in [-0.3, -0.25) is 4.79 Å². The second-order valence-corrected chi connectivity index (χ2v) is 10.6. The fourth-order valence-electron chi connectivity index (χ4n) is 1.37. The number of aromatic nitrogens is 1. The Kier molecular flexibility index (Phi) is 4.14. The van der Waals surface area contributed by atoms with Gasteiger partial charge in [-0.2, -0.15) is 0 Å². The van der Waals surface area contributed by atoms with E-state index in [1.165, 1.54) is 0 Å². The van der Waals surface area contributed by atoms with E-state index in [1.54, 1.807) is 0 Å². The molecule has 1 aromatic heterocycles. The Morgan fingerprint density at radius 1 is 1.44 bits per heavy atom. The van der Waals surface area contributed by atoms with E-state index in [1.807, 2.05) is 6.07 Å². The highest BCUT2D eigenvalue weighted by Crippen LogP contribution is 2.11. The summed E-state index contributed by atoms with van der Waals surface area (Å²) in [6.07, 6.45) is 1.74. The average Bonchev–Trinajstić information content (AvgIpc) is 2.58. The second-order valence-electron chi connectivity index (χ2n) is 5.14. The van der Waals surface area contributed by atoms with Crippen molar-refractivity contribution in [1.82, 2.24) is 4.98 Å². The van der Waals surface area contributed by atoms with Crippen LogP contribution in [0.3, 0.4) is 0 Å². The predicted molar refractivity (Wildman–Crippen MR) is 70.6 cm³/mol. The van der Waals surface area contributed by atoms with Gasteiger partial charge in [0.15, 0.2) is 6.29 Å². The lowest BCUT2D eigenvalue weighted by Gasteiger charge is -2.09. The Balaban J connectivity index is 2.87. The van der Waals surface area contributed by atoms with Gasteiger partial charge in [0.1, 0.15) is 0 Å². The molecule has 0 bridgehead atoms. The Bertz CT molecular complexity index is 429. The molecular formula is C13H19NOSi. The highest BCUT2D eigenvalue weighted by Gasteiger charge is 2.10. The van der Waals surface area contributed by atoms with E-state index < -0.39 is 8.07 Å². The summed E-state index contributed by atoms with van der Waals surface area (Å²) in [5, 5.41) is 0. The number of hydrogen-bond donors (Lipinski definition) is 1. The summed E-state index contributed by atoms with van der Waals surface area (Å²) in [6, 6.07) is 2.87. The number of nitrogens with one attached hydrogen (secondary N) is 1. The molecule has 0 aliphatic heterocycles. The molecule has 0 spiro atoms. The molecule has 2 nitrogen and oxygen atoms in total. The van der Waals surface area contributed by atoms with E-state index in [-0.39, 0.29) is 0 Å². The lowest BCUT2D eigenvalue weighted by molar-refractivity contribution is 0.111. The topological polar surface area (TPSA) is 32.9 Å². The first-order valence-electron chi connectivity index (χ1n) is 5.62. The van der Waals surface area contributed by atoms with Crippen molar-refractivity contribution < 1.29 is 4.79 Å². The van der Waals surface area contributed by atoms with Gasteiger partial charge in [-0.1, -0.05) is 32.5 Å². The zero-order valence-electron chi connectivity index (χ0n) is 10.5. The van der Waals surface area contributed by atoms with Crippen molar-refractivity contribution in [2.24, 2.45) is 0 Å². The van der Waals surface area contributed by atoms with Crippen LogP contribution in [0.4, 0.5) is 0 Å². The molecule has 0 fully saturated rings. The summed E-state index contributed by atoms with van der Waals surface area (Å²) in [5.41, 5.74) is 2.65. The molecule has 0 radical (unpaired) electrons. The number of H-pyrrole nitrogens is 1. The highest BCUT2D eigenvalue weighted by molar-refractivity contribution is 6.76. The summed E-state index contributed by atoms with van der Waals surface area (Å²) in [7, 11) is -1.10. The van der Waals surface area contributed by atoms with Crippen LogP contribution in [0.15, 0.2) is 6.07 Å². The molecule has 0 aliphatic carbocycles. The predicted octanol–water partition coefficient (Wildman–Crippen LogP) is 3.08. The highest BCUT2D eigenvalue weighted by atomic mass is 28.3. The van der Waals surface area contributed by atoms with Crippen molar-refractivity contribution in [2.45, 2.75) is 39.0 Å². The summed E-state index contributed by atoms with van der Waals surface area (Å²) in [4.78, 5) is 13.7. The number of carbonyl (C=O) groups is 1. The maximum absolute atomic E-state index is 10.6. The van der Waals surface area contributed by atoms with Gasteiger partial charge in [0, 0.05) is 6.04 Å².